The second-order valence-electron chi connectivity index (χ2n) is 8.47. The third kappa shape index (κ3) is 2.95. The number of aromatic carboxylic acids is 1. The molecule has 1 aliphatic carbocycles. The van der Waals surface area contributed by atoms with Crippen molar-refractivity contribution in [2.45, 2.75) is 25.1 Å². The first-order valence-corrected chi connectivity index (χ1v) is 9.95. The van der Waals surface area contributed by atoms with Gasteiger partial charge in [-0.2, -0.15) is 0 Å². The van der Waals surface area contributed by atoms with Gasteiger partial charge >= 0.3 is 5.97 Å². The molecule has 31 heavy (non-hydrogen) atoms. The van der Waals surface area contributed by atoms with Crippen molar-refractivity contribution in [2.75, 3.05) is 38.1 Å². The van der Waals surface area contributed by atoms with E-state index < -0.39 is 63.2 Å². The smallest absolute Gasteiger partial charge is 0.341 e. The molecule has 3 heterocycles. The molecule has 1 N–H and O–H groups in total. The van der Waals surface area contributed by atoms with Crippen LogP contribution < -0.4 is 10.3 Å². The van der Waals surface area contributed by atoms with E-state index in [4.69, 9.17) is 0 Å². The highest BCUT2D eigenvalue weighted by molar-refractivity contribution is 5.94. The molecular formula is C21H19F4N3O3. The minimum absolute atomic E-state index is 0.0311. The van der Waals surface area contributed by atoms with Gasteiger partial charge in [0.05, 0.1) is 16.9 Å². The number of carbonyl (C=O) groups is 1. The molecule has 2 unspecified atom stereocenters. The summed E-state index contributed by atoms with van der Waals surface area (Å²) < 4.78 is 60.6. The van der Waals surface area contributed by atoms with Gasteiger partial charge in [0.15, 0.2) is 17.5 Å². The van der Waals surface area contributed by atoms with Crippen molar-refractivity contribution in [1.29, 1.82) is 0 Å². The highest BCUT2D eigenvalue weighted by Crippen LogP contribution is 2.43. The number of hydrogen-bond donors (Lipinski definition) is 1. The van der Waals surface area contributed by atoms with Gasteiger partial charge < -0.3 is 19.5 Å². The number of halogens is 4. The molecule has 2 atom stereocenters. The van der Waals surface area contributed by atoms with Gasteiger partial charge in [0.1, 0.15) is 17.4 Å². The van der Waals surface area contributed by atoms with Gasteiger partial charge in [0, 0.05) is 38.8 Å². The number of benzene rings is 1. The Kier molecular flexibility index (Phi) is 4.40. The van der Waals surface area contributed by atoms with Crippen LogP contribution in [0.25, 0.3) is 10.9 Å². The molecule has 3 aliphatic rings. The molecule has 0 bridgehead atoms. The summed E-state index contributed by atoms with van der Waals surface area (Å²) in [6.45, 7) is 1.89. The number of likely N-dealkylation sites (N-methyl/N-ethyl adjacent to an activating group) is 1. The van der Waals surface area contributed by atoms with Crippen LogP contribution in [0.2, 0.25) is 0 Å². The van der Waals surface area contributed by atoms with Crippen LogP contribution in [0.4, 0.5) is 23.2 Å². The lowest BCUT2D eigenvalue weighted by atomic mass is 10.0. The van der Waals surface area contributed by atoms with E-state index in [1.807, 2.05) is 7.05 Å². The Balaban J connectivity index is 1.73. The lowest BCUT2D eigenvalue weighted by Crippen LogP contribution is -2.28. The second kappa shape index (κ2) is 6.81. The van der Waals surface area contributed by atoms with Crippen molar-refractivity contribution < 1.29 is 27.5 Å². The fourth-order valence-corrected chi connectivity index (χ4v) is 4.66. The molecular weight excluding hydrogens is 418 g/mol. The number of carboxylic acids is 1. The Morgan fingerprint density at radius 1 is 1.10 bits per heavy atom. The number of rotatable bonds is 3. The van der Waals surface area contributed by atoms with Gasteiger partial charge in [0.25, 0.3) is 0 Å². The second-order valence-corrected chi connectivity index (χ2v) is 8.47. The number of alkyl halides is 1. The van der Waals surface area contributed by atoms with Crippen molar-refractivity contribution in [2.24, 2.45) is 0 Å². The van der Waals surface area contributed by atoms with E-state index in [0.29, 0.717) is 6.54 Å². The van der Waals surface area contributed by atoms with E-state index in [0.717, 1.165) is 34.9 Å². The van der Waals surface area contributed by atoms with Gasteiger partial charge in [-0.3, -0.25) is 4.79 Å². The normalized spacial score (nSPS) is 23.6. The first-order valence-electron chi connectivity index (χ1n) is 9.95. The predicted molar refractivity (Wildman–Crippen MR) is 105 cm³/mol. The quantitative estimate of drug-likeness (QED) is 0.455. The van der Waals surface area contributed by atoms with Crippen LogP contribution in [-0.4, -0.2) is 59.9 Å². The fourth-order valence-electron chi connectivity index (χ4n) is 4.66. The topological polar surface area (TPSA) is 65.8 Å². The summed E-state index contributed by atoms with van der Waals surface area (Å²) in [4.78, 5) is 27.5. The Morgan fingerprint density at radius 3 is 2.42 bits per heavy atom. The number of hydrogen-bond acceptors (Lipinski definition) is 4. The molecule has 10 heteroatoms. The lowest BCUT2D eigenvalue weighted by Gasteiger charge is -2.23. The summed E-state index contributed by atoms with van der Waals surface area (Å²) in [7, 11) is 1.94. The molecule has 2 aromatic rings. The molecule has 164 valence electrons. The summed E-state index contributed by atoms with van der Waals surface area (Å²) in [6, 6.07) is -0.938. The first-order chi connectivity index (χ1) is 14.7. The van der Waals surface area contributed by atoms with Crippen molar-refractivity contribution in [3.05, 3.63) is 50.6 Å². The van der Waals surface area contributed by atoms with Crippen molar-refractivity contribution in [1.82, 2.24) is 9.47 Å². The van der Waals surface area contributed by atoms with E-state index in [1.54, 1.807) is 0 Å². The highest BCUT2D eigenvalue weighted by Gasteiger charge is 2.42. The van der Waals surface area contributed by atoms with E-state index in [9.17, 15) is 19.1 Å². The van der Waals surface area contributed by atoms with Gasteiger partial charge in [-0.15, -0.1) is 0 Å². The number of fused-ring (bicyclic) bond motifs is 1. The zero-order chi connectivity index (χ0) is 22.2. The van der Waals surface area contributed by atoms with Crippen molar-refractivity contribution >= 4 is 22.6 Å². The minimum atomic E-state index is -1.68. The van der Waals surface area contributed by atoms with Crippen LogP contribution in [0.3, 0.4) is 0 Å². The van der Waals surface area contributed by atoms with Crippen LogP contribution in [0.5, 0.6) is 0 Å². The third-order valence-corrected chi connectivity index (χ3v) is 6.38. The monoisotopic (exact) mass is 437 g/mol. The SMILES string of the molecule is CN1CCC2=C(C1)CN(c1c(F)c(F)c3c(=O)c(C(=O)O)cn(C4CC4F)c3c1F)C2. The Labute approximate surface area is 174 Å². The van der Waals surface area contributed by atoms with Crippen LogP contribution >= 0.6 is 0 Å². The highest BCUT2D eigenvalue weighted by atomic mass is 19.2. The third-order valence-electron chi connectivity index (χ3n) is 6.38. The van der Waals surface area contributed by atoms with E-state index in [-0.39, 0.29) is 19.5 Å². The number of anilines is 1. The maximum atomic E-state index is 15.7. The molecule has 1 aromatic heterocycles. The van der Waals surface area contributed by atoms with Crippen molar-refractivity contribution in [3.63, 3.8) is 0 Å². The first kappa shape index (κ1) is 20.0. The van der Waals surface area contributed by atoms with Gasteiger partial charge in [-0.25, -0.2) is 22.4 Å². The molecule has 1 saturated carbocycles. The average Bonchev–Trinajstić information content (AvgIpc) is 3.29. The zero-order valence-electron chi connectivity index (χ0n) is 16.6. The summed E-state index contributed by atoms with van der Waals surface area (Å²) >= 11 is 0. The summed E-state index contributed by atoms with van der Waals surface area (Å²) in [5.41, 5.74) is -1.36. The maximum absolute atomic E-state index is 15.7. The van der Waals surface area contributed by atoms with Crippen LogP contribution in [0, 0.1) is 17.5 Å². The average molecular weight is 437 g/mol. The van der Waals surface area contributed by atoms with Gasteiger partial charge in [0.2, 0.25) is 5.43 Å². The molecule has 0 radical (unpaired) electrons. The molecule has 0 amide bonds. The molecule has 1 aromatic carbocycles. The zero-order valence-corrected chi connectivity index (χ0v) is 16.6. The molecule has 2 aliphatic heterocycles. The van der Waals surface area contributed by atoms with Crippen LogP contribution in [0.1, 0.15) is 29.2 Å². The predicted octanol–water partition coefficient (Wildman–Crippen LogP) is 2.85. The minimum Gasteiger partial charge on any atom is -0.477 e. The largest absolute Gasteiger partial charge is 0.477 e. The van der Waals surface area contributed by atoms with Gasteiger partial charge in [-0.05, 0) is 24.6 Å². The van der Waals surface area contributed by atoms with Crippen molar-refractivity contribution in [3.8, 4) is 0 Å². The van der Waals surface area contributed by atoms with Crippen LogP contribution in [0.15, 0.2) is 22.1 Å². The van der Waals surface area contributed by atoms with Gasteiger partial charge in [-0.1, -0.05) is 0 Å². The molecule has 0 spiro atoms. The van der Waals surface area contributed by atoms with E-state index >= 15 is 13.2 Å². The molecule has 5 rings (SSSR count). The molecule has 1 fully saturated rings. The number of carboxylic acid groups (broad SMARTS) is 1. The summed E-state index contributed by atoms with van der Waals surface area (Å²) in [6.07, 6.45) is 0.139. The lowest BCUT2D eigenvalue weighted by molar-refractivity contribution is 0.0694. The van der Waals surface area contributed by atoms with E-state index in [2.05, 4.69) is 4.90 Å². The fraction of sp³-hybridized carbons (Fsp3) is 0.429. The van der Waals surface area contributed by atoms with Crippen LogP contribution in [-0.2, 0) is 0 Å². The molecule has 6 nitrogen and oxygen atoms in total. The van der Waals surface area contributed by atoms with E-state index in [1.165, 1.54) is 4.90 Å². The Morgan fingerprint density at radius 2 is 1.77 bits per heavy atom. The standard InChI is InChI=1S/C21H19F4N3O3/c1-26-3-2-9-6-27(7-10(9)5-26)19-16(24)15(23)14-18(17(19)25)28(13-4-12(13)22)8-11(20(14)29)21(30)31/h8,12-13H,2-7H2,1H3,(H,30,31). The number of pyridine rings is 1. The maximum Gasteiger partial charge on any atom is 0.341 e. The summed E-state index contributed by atoms with van der Waals surface area (Å²) in [5.74, 6) is -6.03. The number of aromatic nitrogens is 1. The number of nitrogens with zero attached hydrogens (tertiary/aromatic N) is 3. The summed E-state index contributed by atoms with van der Waals surface area (Å²) in [5, 5.41) is 8.27. The Bertz CT molecular complexity index is 1240. The molecule has 0 saturated heterocycles. The Hall–Kier alpha value is -2.88.